The van der Waals surface area contributed by atoms with Crippen molar-refractivity contribution in [1.82, 2.24) is 4.31 Å². The molecule has 1 aromatic carbocycles. The minimum Gasteiger partial charge on any atom is -0.497 e. The van der Waals surface area contributed by atoms with E-state index in [1.165, 1.54) is 10.6 Å². The van der Waals surface area contributed by atoms with Gasteiger partial charge in [-0.1, -0.05) is 6.42 Å². The summed E-state index contributed by atoms with van der Waals surface area (Å²) >= 11 is 0. The molecule has 8 heteroatoms. The van der Waals surface area contributed by atoms with Crippen LogP contribution in [0.25, 0.3) is 0 Å². The third-order valence-corrected chi connectivity index (χ3v) is 5.17. The summed E-state index contributed by atoms with van der Waals surface area (Å²) in [5.74, 6) is 1.03. The molecule has 1 aliphatic rings. The average molecular weight is 340 g/mol. The zero-order valence-electron chi connectivity index (χ0n) is 13.5. The number of guanidine groups is 1. The molecule has 0 radical (unpaired) electrons. The molecule has 0 amide bonds. The fourth-order valence-corrected chi connectivity index (χ4v) is 3.83. The number of methoxy groups -OCH3 is 1. The topological polar surface area (TPSA) is 97.0 Å². The first-order valence-electron chi connectivity index (χ1n) is 7.58. The molecule has 7 nitrogen and oxygen atoms in total. The molecule has 3 N–H and O–H groups in total. The fraction of sp³-hybridized carbons (Fsp3) is 0.533. The number of hydrogen-bond donors (Lipinski definition) is 2. The lowest BCUT2D eigenvalue weighted by Crippen LogP contribution is -2.45. The van der Waals surface area contributed by atoms with Gasteiger partial charge in [0, 0.05) is 18.3 Å². The highest BCUT2D eigenvalue weighted by Gasteiger charge is 2.28. The van der Waals surface area contributed by atoms with Crippen molar-refractivity contribution in [1.29, 1.82) is 0 Å². The molecule has 0 aliphatic carbocycles. The quantitative estimate of drug-likeness (QED) is 0.621. The highest BCUT2D eigenvalue weighted by molar-refractivity contribution is 7.88. The van der Waals surface area contributed by atoms with E-state index in [0.29, 0.717) is 13.1 Å². The maximum Gasteiger partial charge on any atom is 0.211 e. The van der Waals surface area contributed by atoms with Crippen LogP contribution >= 0.6 is 0 Å². The van der Waals surface area contributed by atoms with Gasteiger partial charge in [-0.15, -0.1) is 0 Å². The largest absolute Gasteiger partial charge is 0.497 e. The highest BCUT2D eigenvalue weighted by atomic mass is 32.2. The number of aliphatic imine (C=N–C) groups is 1. The normalized spacial score (nSPS) is 20.3. The predicted octanol–water partition coefficient (Wildman–Crippen LogP) is 1.24. The summed E-state index contributed by atoms with van der Waals surface area (Å²) in [5.41, 5.74) is 6.69. The van der Waals surface area contributed by atoms with E-state index in [2.05, 4.69) is 10.3 Å². The summed E-state index contributed by atoms with van der Waals surface area (Å²) in [6.07, 6.45) is 3.96. The van der Waals surface area contributed by atoms with E-state index in [9.17, 15) is 8.42 Å². The van der Waals surface area contributed by atoms with Gasteiger partial charge in [-0.3, -0.25) is 4.99 Å². The van der Waals surface area contributed by atoms with Gasteiger partial charge in [0.15, 0.2) is 5.96 Å². The standard InChI is InChI=1S/C15H24N4O3S/c1-22-14-8-6-12(7-9-14)18-15(16)17-11-13-5-3-4-10-19(13)23(2,20)21/h6-9,13H,3-5,10-11H2,1-2H3,(H3,16,17,18). The molecule has 0 bridgehead atoms. The Kier molecular flexibility index (Phi) is 5.84. The Labute approximate surface area is 137 Å². The number of sulfonamides is 1. The second-order valence-electron chi connectivity index (χ2n) is 5.60. The Bertz CT molecular complexity index is 643. The SMILES string of the molecule is COc1ccc(NC(N)=NCC2CCCCN2S(C)(=O)=O)cc1. The molecular weight excluding hydrogens is 316 g/mol. The lowest BCUT2D eigenvalue weighted by atomic mass is 10.1. The molecule has 1 aliphatic heterocycles. The van der Waals surface area contributed by atoms with Crippen LogP contribution in [0.4, 0.5) is 5.69 Å². The molecule has 1 aromatic rings. The number of anilines is 1. The van der Waals surface area contributed by atoms with Crippen molar-refractivity contribution < 1.29 is 13.2 Å². The Balaban J connectivity index is 1.97. The van der Waals surface area contributed by atoms with Gasteiger partial charge in [0.05, 0.1) is 19.9 Å². The van der Waals surface area contributed by atoms with Crippen molar-refractivity contribution in [3.8, 4) is 5.75 Å². The summed E-state index contributed by atoms with van der Waals surface area (Å²) in [6.45, 7) is 0.924. The van der Waals surface area contributed by atoms with Crippen molar-refractivity contribution in [3.63, 3.8) is 0 Å². The molecule has 1 unspecified atom stereocenters. The molecule has 0 spiro atoms. The van der Waals surface area contributed by atoms with Crippen molar-refractivity contribution >= 4 is 21.7 Å². The van der Waals surface area contributed by atoms with E-state index < -0.39 is 10.0 Å². The summed E-state index contributed by atoms with van der Waals surface area (Å²) in [6, 6.07) is 7.20. The van der Waals surface area contributed by atoms with Gasteiger partial charge in [-0.05, 0) is 37.1 Å². The monoisotopic (exact) mass is 340 g/mol. The van der Waals surface area contributed by atoms with Gasteiger partial charge in [0.25, 0.3) is 0 Å². The molecule has 0 aromatic heterocycles. The first-order valence-corrected chi connectivity index (χ1v) is 9.43. The van der Waals surface area contributed by atoms with Crippen LogP contribution in [0, 0.1) is 0 Å². The van der Waals surface area contributed by atoms with E-state index in [1.54, 1.807) is 7.11 Å². The molecule has 0 saturated carbocycles. The van der Waals surface area contributed by atoms with Crippen molar-refractivity contribution in [2.75, 3.05) is 31.8 Å². The summed E-state index contributed by atoms with van der Waals surface area (Å²) in [4.78, 5) is 4.30. The molecule has 128 valence electrons. The predicted molar refractivity (Wildman–Crippen MR) is 92.3 cm³/mol. The van der Waals surface area contributed by atoms with Crippen LogP contribution in [-0.4, -0.2) is 51.2 Å². The number of hydrogen-bond acceptors (Lipinski definition) is 4. The average Bonchev–Trinajstić information content (AvgIpc) is 2.53. The summed E-state index contributed by atoms with van der Waals surface area (Å²) in [5, 5.41) is 2.99. The van der Waals surface area contributed by atoms with Gasteiger partial charge in [-0.25, -0.2) is 8.42 Å². The van der Waals surface area contributed by atoms with Crippen LogP contribution in [0.2, 0.25) is 0 Å². The molecule has 1 fully saturated rings. The summed E-state index contributed by atoms with van der Waals surface area (Å²) < 4.78 is 30.2. The van der Waals surface area contributed by atoms with Crippen LogP contribution in [-0.2, 0) is 10.0 Å². The number of ether oxygens (including phenoxy) is 1. The maximum absolute atomic E-state index is 11.8. The first kappa shape index (κ1) is 17.6. The molecule has 1 saturated heterocycles. The summed E-state index contributed by atoms with van der Waals surface area (Å²) in [7, 11) is -1.59. The van der Waals surface area contributed by atoms with E-state index in [-0.39, 0.29) is 12.0 Å². The molecular formula is C15H24N4O3S. The van der Waals surface area contributed by atoms with Crippen molar-refractivity contribution in [2.24, 2.45) is 10.7 Å². The van der Waals surface area contributed by atoms with Crippen molar-refractivity contribution in [3.05, 3.63) is 24.3 Å². The van der Waals surface area contributed by atoms with E-state index in [0.717, 1.165) is 30.7 Å². The van der Waals surface area contributed by atoms with Gasteiger partial charge in [-0.2, -0.15) is 4.31 Å². The number of piperidine rings is 1. The van der Waals surface area contributed by atoms with Crippen LogP contribution in [0.1, 0.15) is 19.3 Å². The van der Waals surface area contributed by atoms with Crippen molar-refractivity contribution in [2.45, 2.75) is 25.3 Å². The Hall–Kier alpha value is -1.80. The molecule has 23 heavy (non-hydrogen) atoms. The Morgan fingerprint density at radius 3 is 2.70 bits per heavy atom. The second kappa shape index (κ2) is 7.65. The van der Waals surface area contributed by atoms with E-state index >= 15 is 0 Å². The van der Waals surface area contributed by atoms with Crippen LogP contribution in [0.15, 0.2) is 29.3 Å². The van der Waals surface area contributed by atoms with Gasteiger partial charge < -0.3 is 15.8 Å². The van der Waals surface area contributed by atoms with Crippen LogP contribution in [0.3, 0.4) is 0 Å². The number of nitrogens with zero attached hydrogens (tertiary/aromatic N) is 2. The molecule has 1 atom stereocenters. The van der Waals surface area contributed by atoms with E-state index in [1.807, 2.05) is 24.3 Å². The minimum absolute atomic E-state index is 0.116. The van der Waals surface area contributed by atoms with Gasteiger partial charge >= 0.3 is 0 Å². The number of nitrogens with one attached hydrogen (secondary N) is 1. The second-order valence-corrected chi connectivity index (χ2v) is 7.54. The number of benzene rings is 1. The van der Waals surface area contributed by atoms with Gasteiger partial charge in [0.1, 0.15) is 5.75 Å². The van der Waals surface area contributed by atoms with Gasteiger partial charge in [0.2, 0.25) is 10.0 Å². The lowest BCUT2D eigenvalue weighted by Gasteiger charge is -2.32. The van der Waals surface area contributed by atoms with E-state index in [4.69, 9.17) is 10.5 Å². The maximum atomic E-state index is 11.8. The fourth-order valence-electron chi connectivity index (χ4n) is 2.66. The minimum atomic E-state index is -3.20. The number of nitrogens with two attached hydrogens (primary N) is 1. The zero-order valence-corrected chi connectivity index (χ0v) is 14.3. The van der Waals surface area contributed by atoms with Crippen LogP contribution in [0.5, 0.6) is 5.75 Å². The van der Waals surface area contributed by atoms with Crippen LogP contribution < -0.4 is 15.8 Å². The highest BCUT2D eigenvalue weighted by Crippen LogP contribution is 2.20. The molecule has 1 heterocycles. The number of rotatable bonds is 5. The first-order chi connectivity index (χ1) is 10.9. The smallest absolute Gasteiger partial charge is 0.211 e. The third-order valence-electron chi connectivity index (χ3n) is 3.83. The lowest BCUT2D eigenvalue weighted by molar-refractivity contribution is 0.259. The zero-order chi connectivity index (χ0) is 16.9. The molecule has 2 rings (SSSR count). The third kappa shape index (κ3) is 5.11. The Morgan fingerprint density at radius 1 is 1.39 bits per heavy atom. The Morgan fingerprint density at radius 2 is 2.09 bits per heavy atom.